The molecule has 0 aliphatic carbocycles. The van der Waals surface area contributed by atoms with Gasteiger partial charge in [-0.2, -0.15) is 0 Å². The number of allylic oxidation sites excluding steroid dienone is 1. The highest BCUT2D eigenvalue weighted by atomic mass is 32.1. The Morgan fingerprint density at radius 1 is 1.12 bits per heavy atom. The predicted octanol–water partition coefficient (Wildman–Crippen LogP) is 3.77. The summed E-state index contributed by atoms with van der Waals surface area (Å²) >= 11 is 1.16. The molecule has 1 unspecified atom stereocenters. The van der Waals surface area contributed by atoms with E-state index in [2.05, 4.69) is 4.99 Å². The molecule has 1 aliphatic heterocycles. The first-order chi connectivity index (χ1) is 19.7. The number of ether oxygens (including phenoxy) is 3. The van der Waals surface area contributed by atoms with Crippen LogP contribution in [0.1, 0.15) is 41.6 Å². The highest BCUT2D eigenvalue weighted by molar-refractivity contribution is 7.07. The van der Waals surface area contributed by atoms with Crippen LogP contribution in [0.25, 0.3) is 17.4 Å². The van der Waals surface area contributed by atoms with Crippen molar-refractivity contribution in [2.24, 2.45) is 4.99 Å². The fourth-order valence-corrected chi connectivity index (χ4v) is 5.68. The fraction of sp³-hybridized carbons (Fsp3) is 0.200. The zero-order chi connectivity index (χ0) is 29.3. The Kier molecular flexibility index (Phi) is 7.62. The van der Waals surface area contributed by atoms with Crippen molar-refractivity contribution in [2.75, 3.05) is 20.8 Å². The molecule has 0 saturated carbocycles. The molecule has 11 heteroatoms. The third-order valence-electron chi connectivity index (χ3n) is 6.55. The summed E-state index contributed by atoms with van der Waals surface area (Å²) in [6.45, 7) is 3.57. The number of esters is 1. The lowest BCUT2D eigenvalue weighted by Gasteiger charge is -2.26. The maximum Gasteiger partial charge on any atom is 0.338 e. The molecule has 2 aromatic carbocycles. The third-order valence-corrected chi connectivity index (χ3v) is 7.53. The number of benzene rings is 2. The third kappa shape index (κ3) is 5.19. The minimum absolute atomic E-state index is 0.135. The average molecular weight is 575 g/mol. The number of fused-ring (bicyclic) bond motifs is 1. The number of hydrogen-bond donors (Lipinski definition) is 1. The van der Waals surface area contributed by atoms with Gasteiger partial charge < -0.3 is 23.7 Å². The van der Waals surface area contributed by atoms with Crippen molar-refractivity contribution in [3.63, 3.8) is 0 Å². The summed E-state index contributed by atoms with van der Waals surface area (Å²) in [5.41, 5.74) is 1.57. The van der Waals surface area contributed by atoms with Crippen molar-refractivity contribution < 1.29 is 33.3 Å². The van der Waals surface area contributed by atoms with Crippen LogP contribution < -0.4 is 24.4 Å². The van der Waals surface area contributed by atoms with Crippen molar-refractivity contribution in [1.82, 2.24) is 4.57 Å². The van der Waals surface area contributed by atoms with Crippen LogP contribution in [0.2, 0.25) is 0 Å². The molecule has 0 bridgehead atoms. The molecule has 1 aliphatic rings. The molecule has 10 nitrogen and oxygen atoms in total. The van der Waals surface area contributed by atoms with Crippen molar-refractivity contribution in [2.45, 2.75) is 19.9 Å². The van der Waals surface area contributed by atoms with E-state index in [1.54, 1.807) is 62.4 Å². The Hall–Kier alpha value is -4.90. The second-order valence-corrected chi connectivity index (χ2v) is 10.0. The van der Waals surface area contributed by atoms with Gasteiger partial charge in [-0.1, -0.05) is 23.5 Å². The van der Waals surface area contributed by atoms with E-state index in [1.165, 1.54) is 30.9 Å². The second-order valence-electron chi connectivity index (χ2n) is 9.00. The summed E-state index contributed by atoms with van der Waals surface area (Å²) in [4.78, 5) is 43.4. The number of thiazole rings is 1. The largest absolute Gasteiger partial charge is 0.497 e. The SMILES string of the molecule is CCOC(=O)C1=C(C)N=c2s/c(=C\c3ccc(-c4cccc(C(=O)O)c4)o3)c(=O)n2C1c1ccc(OC)cc1OC. The van der Waals surface area contributed by atoms with Gasteiger partial charge in [-0.15, -0.1) is 0 Å². The molecule has 0 amide bonds. The van der Waals surface area contributed by atoms with E-state index >= 15 is 0 Å². The number of aromatic carboxylic acids is 1. The molecular formula is C30H26N2O8S. The van der Waals surface area contributed by atoms with Gasteiger partial charge in [0.2, 0.25) is 0 Å². The van der Waals surface area contributed by atoms with Crippen LogP contribution in [0.3, 0.4) is 0 Å². The summed E-state index contributed by atoms with van der Waals surface area (Å²) in [5, 5.41) is 9.30. The van der Waals surface area contributed by atoms with Crippen molar-refractivity contribution in [3.05, 3.63) is 102 Å². The summed E-state index contributed by atoms with van der Waals surface area (Å²) in [6.07, 6.45) is 1.60. The highest BCUT2D eigenvalue weighted by Crippen LogP contribution is 2.37. The van der Waals surface area contributed by atoms with E-state index in [0.29, 0.717) is 49.2 Å². The Bertz CT molecular complexity index is 1880. The lowest BCUT2D eigenvalue weighted by molar-refractivity contribution is -0.139. The topological polar surface area (TPSA) is 130 Å². The van der Waals surface area contributed by atoms with Crippen molar-refractivity contribution >= 4 is 29.4 Å². The molecule has 1 N–H and O–H groups in total. The van der Waals surface area contributed by atoms with Crippen molar-refractivity contribution in [1.29, 1.82) is 0 Å². The maximum absolute atomic E-state index is 13.9. The predicted molar refractivity (Wildman–Crippen MR) is 151 cm³/mol. The van der Waals surface area contributed by atoms with Crippen LogP contribution in [0.4, 0.5) is 0 Å². The van der Waals surface area contributed by atoms with Gasteiger partial charge in [0.1, 0.15) is 29.1 Å². The molecule has 3 heterocycles. The number of carbonyl (C=O) groups is 2. The molecule has 1 atom stereocenters. The number of methoxy groups -OCH3 is 2. The first-order valence-corrected chi connectivity index (χ1v) is 13.4. The average Bonchev–Trinajstić information content (AvgIpc) is 3.56. The van der Waals surface area contributed by atoms with Gasteiger partial charge in [0.05, 0.1) is 42.2 Å². The van der Waals surface area contributed by atoms with E-state index in [9.17, 15) is 19.5 Å². The summed E-state index contributed by atoms with van der Waals surface area (Å²) in [5.74, 6) is 0.211. The van der Waals surface area contributed by atoms with Gasteiger partial charge in [-0.05, 0) is 50.2 Å². The number of hydrogen-bond acceptors (Lipinski definition) is 9. The van der Waals surface area contributed by atoms with E-state index in [0.717, 1.165) is 11.3 Å². The summed E-state index contributed by atoms with van der Waals surface area (Å²) < 4.78 is 24.1. The Morgan fingerprint density at radius 3 is 2.63 bits per heavy atom. The Balaban J connectivity index is 1.65. The van der Waals surface area contributed by atoms with Gasteiger partial charge in [-0.25, -0.2) is 14.6 Å². The molecule has 0 saturated heterocycles. The minimum atomic E-state index is -1.04. The van der Waals surface area contributed by atoms with Crippen LogP contribution in [0.15, 0.2) is 80.1 Å². The monoisotopic (exact) mass is 574 g/mol. The second kappa shape index (κ2) is 11.3. The first kappa shape index (κ1) is 27.7. The molecular weight excluding hydrogens is 548 g/mol. The van der Waals surface area contributed by atoms with E-state index in [4.69, 9.17) is 18.6 Å². The van der Waals surface area contributed by atoms with E-state index in [-0.39, 0.29) is 23.3 Å². The molecule has 210 valence electrons. The Labute approximate surface area is 238 Å². The lowest BCUT2D eigenvalue weighted by Crippen LogP contribution is -2.40. The molecule has 5 rings (SSSR count). The number of carbonyl (C=O) groups excluding carboxylic acids is 1. The van der Waals surface area contributed by atoms with Crippen LogP contribution >= 0.6 is 11.3 Å². The fourth-order valence-electron chi connectivity index (χ4n) is 4.65. The standard InChI is InChI=1S/C30H26N2O8S/c1-5-39-29(36)25-16(2)31-30-32(26(25)21-11-9-19(37-3)14-23(21)38-4)27(33)24(41-30)15-20-10-12-22(40-20)17-7-6-8-18(13-17)28(34)35/h6-15,26H,5H2,1-4H3,(H,34,35)/b24-15-. The number of carboxylic acid groups (broad SMARTS) is 1. The highest BCUT2D eigenvalue weighted by Gasteiger charge is 2.35. The van der Waals surface area contributed by atoms with Crippen LogP contribution in [-0.4, -0.2) is 42.4 Å². The first-order valence-electron chi connectivity index (χ1n) is 12.6. The molecule has 2 aromatic heterocycles. The number of furan rings is 1. The smallest absolute Gasteiger partial charge is 0.338 e. The van der Waals surface area contributed by atoms with Gasteiger partial charge in [0.25, 0.3) is 5.56 Å². The number of aromatic nitrogens is 1. The summed E-state index contributed by atoms with van der Waals surface area (Å²) in [7, 11) is 3.04. The van der Waals surface area contributed by atoms with Gasteiger partial charge in [0, 0.05) is 23.3 Å². The van der Waals surface area contributed by atoms with E-state index < -0.39 is 18.0 Å². The molecule has 41 heavy (non-hydrogen) atoms. The zero-order valence-corrected chi connectivity index (χ0v) is 23.5. The van der Waals surface area contributed by atoms with Crippen LogP contribution in [0, 0.1) is 0 Å². The van der Waals surface area contributed by atoms with Gasteiger partial charge in [-0.3, -0.25) is 9.36 Å². The zero-order valence-electron chi connectivity index (χ0n) is 22.7. The van der Waals surface area contributed by atoms with Crippen molar-refractivity contribution in [3.8, 4) is 22.8 Å². The van der Waals surface area contributed by atoms with Gasteiger partial charge in [0.15, 0.2) is 4.80 Å². The molecule has 0 fully saturated rings. The minimum Gasteiger partial charge on any atom is -0.497 e. The Morgan fingerprint density at radius 2 is 1.93 bits per heavy atom. The van der Waals surface area contributed by atoms with Crippen LogP contribution in [0.5, 0.6) is 11.5 Å². The molecule has 0 spiro atoms. The number of nitrogens with zero attached hydrogens (tertiary/aromatic N) is 2. The number of rotatable bonds is 8. The maximum atomic E-state index is 13.9. The number of carboxylic acids is 1. The van der Waals surface area contributed by atoms with Crippen LogP contribution in [-0.2, 0) is 9.53 Å². The van der Waals surface area contributed by atoms with E-state index in [1.807, 2.05) is 0 Å². The lowest BCUT2D eigenvalue weighted by atomic mass is 9.95. The molecule has 0 radical (unpaired) electrons. The van der Waals surface area contributed by atoms with Gasteiger partial charge >= 0.3 is 11.9 Å². The quantitative estimate of drug-likeness (QED) is 0.315. The summed E-state index contributed by atoms with van der Waals surface area (Å²) in [6, 6.07) is 14.1. The normalized spacial score (nSPS) is 14.8. The molecule has 4 aromatic rings.